The number of hydrogen-bond donors (Lipinski definition) is 3. The summed E-state index contributed by atoms with van der Waals surface area (Å²) < 4.78 is 73.6. The molecule has 0 saturated carbocycles. The quantitative estimate of drug-likeness (QED) is 0.289. The van der Waals surface area contributed by atoms with Crippen LogP contribution in [0.2, 0.25) is 5.02 Å². The van der Waals surface area contributed by atoms with Crippen LogP contribution in [-0.4, -0.2) is 74.2 Å². The number of aliphatic hydroxyl groups is 1. The van der Waals surface area contributed by atoms with Crippen LogP contribution in [0.25, 0.3) is 0 Å². The van der Waals surface area contributed by atoms with Gasteiger partial charge in [0.15, 0.2) is 0 Å². The first kappa shape index (κ1) is 34.9. The van der Waals surface area contributed by atoms with Crippen LogP contribution in [0.4, 0.5) is 29.3 Å². The molecule has 1 heterocycles. The van der Waals surface area contributed by atoms with Gasteiger partial charge >= 0.3 is 12.2 Å². The third kappa shape index (κ3) is 8.62. The molecule has 10 nitrogen and oxygen atoms in total. The molecule has 248 valence electrons. The van der Waals surface area contributed by atoms with Crippen molar-refractivity contribution in [1.29, 1.82) is 0 Å². The molecule has 4 rings (SSSR count). The maximum absolute atomic E-state index is 13.5. The average Bonchev–Trinajstić information content (AvgIpc) is 3.04. The van der Waals surface area contributed by atoms with E-state index in [1.807, 2.05) is 6.92 Å². The molecule has 3 atom stereocenters. The first-order valence-electron chi connectivity index (χ1n) is 14.2. The van der Waals surface area contributed by atoms with Crippen molar-refractivity contribution in [2.24, 2.45) is 5.92 Å². The summed E-state index contributed by atoms with van der Waals surface area (Å²) in [6, 6.07) is 13.1. The fourth-order valence-corrected chi connectivity index (χ4v) is 6.03. The molecule has 0 saturated heterocycles. The highest BCUT2D eigenvalue weighted by molar-refractivity contribution is 7.92. The zero-order valence-corrected chi connectivity index (χ0v) is 26.8. The van der Waals surface area contributed by atoms with Crippen molar-refractivity contribution in [2.45, 2.75) is 43.5 Å². The Labute approximate surface area is 270 Å². The van der Waals surface area contributed by atoms with Crippen LogP contribution >= 0.6 is 11.6 Å². The number of amides is 3. The molecular weight excluding hydrogens is 649 g/mol. The minimum atomic E-state index is -4.51. The van der Waals surface area contributed by atoms with Crippen LogP contribution < -0.4 is 14.8 Å². The van der Waals surface area contributed by atoms with Crippen molar-refractivity contribution in [1.82, 2.24) is 9.80 Å². The molecule has 0 spiro atoms. The van der Waals surface area contributed by atoms with Gasteiger partial charge in [-0.15, -0.1) is 0 Å². The molecule has 3 amide bonds. The van der Waals surface area contributed by atoms with Gasteiger partial charge in [-0.1, -0.05) is 18.5 Å². The SMILES string of the molecule is C[C@@H]1CN([C@H](C)CO)C(=O)Cc2cc(NS(=O)(=O)c3ccc(Cl)cc3)ccc2O[C@@H]1CN(C)C(=O)Nc1ccc(C(F)(F)F)cc1. The van der Waals surface area contributed by atoms with Gasteiger partial charge in [-0.05, 0) is 73.7 Å². The predicted octanol–water partition coefficient (Wildman–Crippen LogP) is 5.47. The summed E-state index contributed by atoms with van der Waals surface area (Å²) in [7, 11) is -2.49. The molecule has 15 heteroatoms. The molecular formula is C31H34ClF3N4O6S. The Balaban J connectivity index is 1.58. The Kier molecular flexibility index (Phi) is 10.7. The van der Waals surface area contributed by atoms with Crippen molar-refractivity contribution in [2.75, 3.05) is 36.8 Å². The van der Waals surface area contributed by atoms with Crippen molar-refractivity contribution in [3.8, 4) is 5.75 Å². The molecule has 1 aliphatic heterocycles. The Hall–Kier alpha value is -4.01. The van der Waals surface area contributed by atoms with E-state index < -0.39 is 39.9 Å². The van der Waals surface area contributed by atoms with Crippen LogP contribution in [-0.2, 0) is 27.4 Å². The normalized spacial score (nSPS) is 17.9. The van der Waals surface area contributed by atoms with Gasteiger partial charge in [-0.3, -0.25) is 9.52 Å². The van der Waals surface area contributed by atoms with E-state index in [0.717, 1.165) is 24.3 Å². The molecule has 0 aliphatic carbocycles. The van der Waals surface area contributed by atoms with Crippen LogP contribution in [0, 0.1) is 5.92 Å². The highest BCUT2D eigenvalue weighted by Gasteiger charge is 2.33. The number of ether oxygens (including phenoxy) is 1. The highest BCUT2D eigenvalue weighted by atomic mass is 35.5. The lowest BCUT2D eigenvalue weighted by molar-refractivity contribution is -0.137. The van der Waals surface area contributed by atoms with E-state index in [2.05, 4.69) is 10.0 Å². The first-order valence-corrected chi connectivity index (χ1v) is 16.1. The van der Waals surface area contributed by atoms with Crippen molar-refractivity contribution in [3.63, 3.8) is 0 Å². The number of sulfonamides is 1. The number of likely N-dealkylation sites (N-methyl/N-ethyl adjacent to an activating group) is 1. The highest BCUT2D eigenvalue weighted by Crippen LogP contribution is 2.31. The number of anilines is 2. The number of fused-ring (bicyclic) bond motifs is 1. The third-order valence-corrected chi connectivity index (χ3v) is 9.21. The number of nitrogens with zero attached hydrogens (tertiary/aromatic N) is 2. The van der Waals surface area contributed by atoms with Gasteiger partial charge in [-0.25, -0.2) is 13.2 Å². The Morgan fingerprint density at radius 3 is 2.35 bits per heavy atom. The number of carbonyl (C=O) groups is 2. The number of urea groups is 1. The second-order valence-electron chi connectivity index (χ2n) is 11.2. The van der Waals surface area contributed by atoms with Crippen LogP contribution in [0.1, 0.15) is 25.0 Å². The van der Waals surface area contributed by atoms with Gasteiger partial charge < -0.3 is 25.0 Å². The maximum atomic E-state index is 13.5. The average molecular weight is 683 g/mol. The monoisotopic (exact) mass is 682 g/mol. The van der Waals surface area contributed by atoms with E-state index in [-0.39, 0.29) is 54.2 Å². The lowest BCUT2D eigenvalue weighted by Crippen LogP contribution is -2.48. The van der Waals surface area contributed by atoms with Crippen molar-refractivity contribution < 1.29 is 41.0 Å². The number of aliphatic hydroxyl groups excluding tert-OH is 1. The van der Waals surface area contributed by atoms with Gasteiger partial charge in [0.1, 0.15) is 11.9 Å². The molecule has 0 fully saturated rings. The van der Waals surface area contributed by atoms with Crippen LogP contribution in [0.5, 0.6) is 5.75 Å². The van der Waals surface area contributed by atoms with Gasteiger partial charge in [0, 0.05) is 41.5 Å². The van der Waals surface area contributed by atoms with Crippen LogP contribution in [0.15, 0.2) is 71.6 Å². The molecule has 0 aromatic heterocycles. The van der Waals surface area contributed by atoms with E-state index in [9.17, 15) is 36.3 Å². The van der Waals surface area contributed by atoms with Crippen LogP contribution in [0.3, 0.4) is 0 Å². The predicted molar refractivity (Wildman–Crippen MR) is 167 cm³/mol. The number of nitrogens with one attached hydrogen (secondary N) is 2. The van der Waals surface area contributed by atoms with E-state index in [0.29, 0.717) is 16.3 Å². The van der Waals surface area contributed by atoms with E-state index in [4.69, 9.17) is 16.3 Å². The summed E-state index contributed by atoms with van der Waals surface area (Å²) in [5, 5.41) is 12.8. The fraction of sp³-hybridized carbons (Fsp3) is 0.355. The standard InChI is InChI=1S/C31H34ClF3N4O6S/c1-19-16-39(20(2)18-40)29(41)15-21-14-25(37-46(43,44)26-11-6-23(32)7-12-26)10-13-27(21)45-28(19)17-38(3)30(42)36-24-8-4-22(5-9-24)31(33,34)35/h4-14,19-20,28,37,40H,15-18H2,1-3H3,(H,36,42)/t19-,20-,28-/m1/s1. The molecule has 0 bridgehead atoms. The van der Waals surface area contributed by atoms with Crippen molar-refractivity contribution in [3.05, 3.63) is 82.9 Å². The number of carbonyl (C=O) groups excluding carboxylic acids is 2. The molecule has 0 radical (unpaired) electrons. The molecule has 3 aromatic carbocycles. The smallest absolute Gasteiger partial charge is 0.416 e. The van der Waals surface area contributed by atoms with Gasteiger partial charge in [0.2, 0.25) is 5.91 Å². The molecule has 46 heavy (non-hydrogen) atoms. The number of alkyl halides is 3. The summed E-state index contributed by atoms with van der Waals surface area (Å²) >= 11 is 5.89. The fourth-order valence-electron chi connectivity index (χ4n) is 4.85. The lowest BCUT2D eigenvalue weighted by atomic mass is 10.0. The lowest BCUT2D eigenvalue weighted by Gasteiger charge is -2.34. The second kappa shape index (κ2) is 14.2. The van der Waals surface area contributed by atoms with Gasteiger partial charge in [0.05, 0.1) is 36.1 Å². The topological polar surface area (TPSA) is 128 Å². The minimum Gasteiger partial charge on any atom is -0.488 e. The Morgan fingerprint density at radius 2 is 1.74 bits per heavy atom. The second-order valence-corrected chi connectivity index (χ2v) is 13.3. The largest absolute Gasteiger partial charge is 0.488 e. The Morgan fingerprint density at radius 1 is 1.11 bits per heavy atom. The number of hydrogen-bond acceptors (Lipinski definition) is 6. The van der Waals surface area contributed by atoms with E-state index in [1.165, 1.54) is 59.3 Å². The number of benzene rings is 3. The minimum absolute atomic E-state index is 0.0118. The van der Waals surface area contributed by atoms with Gasteiger partial charge in [-0.2, -0.15) is 13.2 Å². The third-order valence-electron chi connectivity index (χ3n) is 7.56. The number of rotatable bonds is 8. The van der Waals surface area contributed by atoms with Gasteiger partial charge in [0.25, 0.3) is 10.0 Å². The summed E-state index contributed by atoms with van der Waals surface area (Å²) in [6.45, 7) is 3.43. The molecule has 1 aliphatic rings. The summed E-state index contributed by atoms with van der Waals surface area (Å²) in [6.07, 6.45) is -5.34. The summed E-state index contributed by atoms with van der Waals surface area (Å²) in [5.74, 6) is -0.368. The summed E-state index contributed by atoms with van der Waals surface area (Å²) in [4.78, 5) is 29.3. The molecule has 3 aromatic rings. The molecule has 3 N–H and O–H groups in total. The first-order chi connectivity index (χ1) is 21.6. The number of halogens is 4. The Bertz CT molecular complexity index is 1660. The summed E-state index contributed by atoms with van der Waals surface area (Å²) in [5.41, 5.74) is -0.112. The van der Waals surface area contributed by atoms with E-state index >= 15 is 0 Å². The maximum Gasteiger partial charge on any atom is 0.416 e. The van der Waals surface area contributed by atoms with E-state index in [1.54, 1.807) is 6.92 Å². The van der Waals surface area contributed by atoms with Crippen molar-refractivity contribution >= 4 is 44.9 Å². The zero-order valence-electron chi connectivity index (χ0n) is 25.2. The zero-order chi connectivity index (χ0) is 33.8. The molecule has 0 unspecified atom stereocenters.